The molecule has 4 heteroatoms. The molecule has 12 aromatic rings. The van der Waals surface area contributed by atoms with Gasteiger partial charge in [0.1, 0.15) is 0 Å². The molecule has 61 heavy (non-hydrogen) atoms. The van der Waals surface area contributed by atoms with Crippen LogP contribution in [0.4, 0.5) is 0 Å². The van der Waals surface area contributed by atoms with Crippen molar-refractivity contribution in [3.8, 4) is 62.1 Å². The predicted octanol–water partition coefficient (Wildman–Crippen LogP) is 14.8. The van der Waals surface area contributed by atoms with E-state index in [2.05, 4.69) is 162 Å². The van der Waals surface area contributed by atoms with E-state index in [0.717, 1.165) is 33.4 Å². The highest BCUT2D eigenvalue weighted by molar-refractivity contribution is 6.22. The lowest BCUT2D eigenvalue weighted by molar-refractivity contribution is 1.07. The Bertz CT molecular complexity index is 3590. The number of rotatable bonds is 6. The second-order valence-electron chi connectivity index (χ2n) is 15.7. The molecule has 0 unspecified atom stereocenters. The molecule has 0 aliphatic carbocycles. The summed E-state index contributed by atoms with van der Waals surface area (Å²) in [6, 6.07) is 77.9. The quantitative estimate of drug-likeness (QED) is 0.169. The van der Waals surface area contributed by atoms with Gasteiger partial charge < -0.3 is 4.57 Å². The summed E-state index contributed by atoms with van der Waals surface area (Å²) >= 11 is 0. The maximum atomic E-state index is 5.04. The Morgan fingerprint density at radius 1 is 0.262 bits per heavy atom. The maximum absolute atomic E-state index is 5.04. The number of fused-ring (bicyclic) bond motifs is 7. The molecule has 0 radical (unpaired) electrons. The van der Waals surface area contributed by atoms with Crippen LogP contribution in [0.15, 0.2) is 218 Å². The van der Waals surface area contributed by atoms with Gasteiger partial charge in [0.05, 0.1) is 11.0 Å². The summed E-state index contributed by atoms with van der Waals surface area (Å²) < 4.78 is 2.38. The molecule has 0 atom stereocenters. The highest BCUT2D eigenvalue weighted by Gasteiger charge is 2.18. The first-order valence-corrected chi connectivity index (χ1v) is 20.7. The Hall–Kier alpha value is -8.21. The third-order valence-corrected chi connectivity index (χ3v) is 12.0. The van der Waals surface area contributed by atoms with Crippen molar-refractivity contribution in [3.63, 3.8) is 0 Å². The summed E-state index contributed by atoms with van der Waals surface area (Å²) in [6.45, 7) is 0. The average molecular weight is 777 g/mol. The first-order chi connectivity index (χ1) is 30.2. The molecule has 0 fully saturated rings. The SMILES string of the molecule is c1ccc(-c2nc(-c3ccccc3)nc(-c3cccc(-n4c5ccccc5c5c6cc(-c7ccc8cc(-c9ccc%10ccccc%10c9)ccc8c7)ccc6ccc54)c3)n2)cc1. The number of hydrogen-bond donors (Lipinski definition) is 0. The van der Waals surface area contributed by atoms with Gasteiger partial charge >= 0.3 is 0 Å². The highest BCUT2D eigenvalue weighted by atomic mass is 15.0. The van der Waals surface area contributed by atoms with Crippen LogP contribution in [0.3, 0.4) is 0 Å². The Morgan fingerprint density at radius 2 is 0.738 bits per heavy atom. The fourth-order valence-electron chi connectivity index (χ4n) is 8.94. The molecule has 4 nitrogen and oxygen atoms in total. The van der Waals surface area contributed by atoms with E-state index >= 15 is 0 Å². The minimum atomic E-state index is 0.630. The largest absolute Gasteiger partial charge is 0.309 e. The van der Waals surface area contributed by atoms with Gasteiger partial charge in [-0.1, -0.05) is 170 Å². The van der Waals surface area contributed by atoms with E-state index in [1.807, 2.05) is 60.7 Å². The Balaban J connectivity index is 0.963. The smallest absolute Gasteiger partial charge is 0.164 e. The molecule has 0 N–H and O–H groups in total. The van der Waals surface area contributed by atoms with Gasteiger partial charge in [-0.05, 0) is 103 Å². The Morgan fingerprint density at radius 3 is 1.39 bits per heavy atom. The first-order valence-electron chi connectivity index (χ1n) is 20.7. The van der Waals surface area contributed by atoms with Gasteiger partial charge in [0.25, 0.3) is 0 Å². The van der Waals surface area contributed by atoms with Crippen LogP contribution in [-0.4, -0.2) is 19.5 Å². The van der Waals surface area contributed by atoms with E-state index in [9.17, 15) is 0 Å². The summed E-state index contributed by atoms with van der Waals surface area (Å²) in [6.07, 6.45) is 0. The number of para-hydroxylation sites is 1. The predicted molar refractivity (Wildman–Crippen MR) is 254 cm³/mol. The van der Waals surface area contributed by atoms with Crippen molar-refractivity contribution in [3.05, 3.63) is 218 Å². The van der Waals surface area contributed by atoms with Crippen molar-refractivity contribution in [2.24, 2.45) is 0 Å². The highest BCUT2D eigenvalue weighted by Crippen LogP contribution is 2.40. The normalized spacial score (nSPS) is 11.6. The van der Waals surface area contributed by atoms with Gasteiger partial charge in [0.2, 0.25) is 0 Å². The number of aromatic nitrogens is 4. The molecule has 0 spiro atoms. The third-order valence-electron chi connectivity index (χ3n) is 12.0. The summed E-state index contributed by atoms with van der Waals surface area (Å²) in [4.78, 5) is 15.0. The van der Waals surface area contributed by atoms with E-state index in [0.29, 0.717) is 17.5 Å². The molecule has 0 aliphatic rings. The van der Waals surface area contributed by atoms with E-state index < -0.39 is 0 Å². The molecule has 0 amide bonds. The molecule has 10 aromatic carbocycles. The fourth-order valence-corrected chi connectivity index (χ4v) is 8.94. The molecule has 0 aliphatic heterocycles. The topological polar surface area (TPSA) is 43.6 Å². The van der Waals surface area contributed by atoms with Gasteiger partial charge in [-0.25, -0.2) is 15.0 Å². The lowest BCUT2D eigenvalue weighted by Gasteiger charge is -2.12. The van der Waals surface area contributed by atoms with E-state index in [1.165, 1.54) is 65.3 Å². The van der Waals surface area contributed by atoms with Gasteiger partial charge in [-0.15, -0.1) is 0 Å². The number of benzene rings is 10. The van der Waals surface area contributed by atoms with E-state index in [4.69, 9.17) is 15.0 Å². The Kier molecular flexibility index (Phi) is 8.13. The average Bonchev–Trinajstić information content (AvgIpc) is 3.69. The molecule has 2 aromatic heterocycles. The Labute approximate surface area is 352 Å². The molecular formula is C57H36N4. The van der Waals surface area contributed by atoms with Crippen LogP contribution in [0, 0.1) is 0 Å². The van der Waals surface area contributed by atoms with Crippen LogP contribution >= 0.6 is 0 Å². The first kappa shape index (κ1) is 34.8. The summed E-state index contributed by atoms with van der Waals surface area (Å²) in [7, 11) is 0. The lowest BCUT2D eigenvalue weighted by atomic mass is 9.95. The molecule has 12 rings (SSSR count). The zero-order valence-corrected chi connectivity index (χ0v) is 33.1. The van der Waals surface area contributed by atoms with Crippen LogP contribution in [0.1, 0.15) is 0 Å². The summed E-state index contributed by atoms with van der Waals surface area (Å²) in [5, 5.41) is 9.85. The molecule has 0 saturated carbocycles. The fraction of sp³-hybridized carbons (Fsp3) is 0. The lowest BCUT2D eigenvalue weighted by Crippen LogP contribution is -2.01. The van der Waals surface area contributed by atoms with Gasteiger partial charge in [0.15, 0.2) is 17.5 Å². The van der Waals surface area contributed by atoms with Crippen molar-refractivity contribution in [2.45, 2.75) is 0 Å². The standard InChI is InChI=1S/C57H36N4/c1-3-13-39(14-4-1)55-58-56(40-15-5-2-6-16-40)60-57(59-55)48-18-11-19-49(35-48)61-52-21-10-9-20-50(52)54-51-36-47(25-23-38(51)30-31-53(54)61)46-29-28-44-33-43(26-27-45(44)34-46)42-24-22-37-12-7-8-17-41(37)32-42/h1-36H. The molecule has 284 valence electrons. The van der Waals surface area contributed by atoms with Crippen molar-refractivity contribution in [1.29, 1.82) is 0 Å². The van der Waals surface area contributed by atoms with Gasteiger partial charge in [-0.2, -0.15) is 0 Å². The van der Waals surface area contributed by atoms with Gasteiger partial charge in [-0.3, -0.25) is 0 Å². The van der Waals surface area contributed by atoms with Crippen molar-refractivity contribution >= 4 is 54.1 Å². The third kappa shape index (κ3) is 6.12. The molecule has 2 heterocycles. The molecule has 0 bridgehead atoms. The van der Waals surface area contributed by atoms with Crippen LogP contribution in [0.2, 0.25) is 0 Å². The second kappa shape index (κ2) is 14.3. The number of nitrogens with zero attached hydrogens (tertiary/aromatic N) is 4. The zero-order chi connectivity index (χ0) is 40.3. The van der Waals surface area contributed by atoms with Crippen molar-refractivity contribution < 1.29 is 0 Å². The van der Waals surface area contributed by atoms with Crippen LogP contribution in [0.25, 0.3) is 116 Å². The molecular weight excluding hydrogens is 741 g/mol. The zero-order valence-electron chi connectivity index (χ0n) is 33.1. The van der Waals surface area contributed by atoms with Crippen molar-refractivity contribution in [2.75, 3.05) is 0 Å². The van der Waals surface area contributed by atoms with Crippen LogP contribution in [-0.2, 0) is 0 Å². The van der Waals surface area contributed by atoms with Crippen LogP contribution < -0.4 is 0 Å². The van der Waals surface area contributed by atoms with Gasteiger partial charge in [0, 0.05) is 33.2 Å². The van der Waals surface area contributed by atoms with E-state index in [-0.39, 0.29) is 0 Å². The number of hydrogen-bond acceptors (Lipinski definition) is 3. The maximum Gasteiger partial charge on any atom is 0.164 e. The minimum Gasteiger partial charge on any atom is -0.309 e. The van der Waals surface area contributed by atoms with Crippen LogP contribution in [0.5, 0.6) is 0 Å². The second-order valence-corrected chi connectivity index (χ2v) is 15.7. The monoisotopic (exact) mass is 776 g/mol. The minimum absolute atomic E-state index is 0.630. The summed E-state index contributed by atoms with van der Waals surface area (Å²) in [5.41, 5.74) is 11.0. The van der Waals surface area contributed by atoms with Crippen molar-refractivity contribution in [1.82, 2.24) is 19.5 Å². The molecule has 0 saturated heterocycles. The van der Waals surface area contributed by atoms with E-state index in [1.54, 1.807) is 0 Å². The summed E-state index contributed by atoms with van der Waals surface area (Å²) in [5.74, 6) is 1.92.